The predicted molar refractivity (Wildman–Crippen MR) is 90.9 cm³/mol. The van der Waals surface area contributed by atoms with Gasteiger partial charge >= 0.3 is 0 Å². The first-order valence-electron chi connectivity index (χ1n) is 8.06. The molecule has 1 aliphatic heterocycles. The number of anilines is 1. The Morgan fingerprint density at radius 2 is 1.91 bits per heavy atom. The molecule has 0 bridgehead atoms. The van der Waals surface area contributed by atoms with Gasteiger partial charge in [0, 0.05) is 55.4 Å². The van der Waals surface area contributed by atoms with Crippen molar-refractivity contribution < 1.29 is 4.74 Å². The molecule has 5 nitrogen and oxygen atoms in total. The average molecular weight is 308 g/mol. The fourth-order valence-corrected chi connectivity index (χ4v) is 3.06. The Hall–Kier alpha value is -2.56. The van der Waals surface area contributed by atoms with Crippen molar-refractivity contribution in [2.45, 2.75) is 25.9 Å². The zero-order valence-corrected chi connectivity index (χ0v) is 13.2. The maximum Gasteiger partial charge on any atom is 0.225 e. The molecule has 0 atom stereocenters. The van der Waals surface area contributed by atoms with Gasteiger partial charge in [0.05, 0.1) is 0 Å². The number of aryl methyl sites for hydroxylation is 1. The fraction of sp³-hybridized carbons (Fsp3) is 0.333. The van der Waals surface area contributed by atoms with Crippen LogP contribution in [0.5, 0.6) is 5.75 Å². The van der Waals surface area contributed by atoms with Gasteiger partial charge in [0.25, 0.3) is 0 Å². The number of H-pyrrole nitrogens is 1. The number of hydrogen-bond donors (Lipinski definition) is 1. The van der Waals surface area contributed by atoms with Gasteiger partial charge in [-0.05, 0) is 30.7 Å². The molecule has 1 fully saturated rings. The minimum atomic E-state index is 0.247. The van der Waals surface area contributed by atoms with Crippen LogP contribution in [0.15, 0.2) is 42.9 Å². The van der Waals surface area contributed by atoms with Gasteiger partial charge in [-0.1, -0.05) is 6.07 Å². The van der Waals surface area contributed by atoms with Gasteiger partial charge in [-0.2, -0.15) is 0 Å². The van der Waals surface area contributed by atoms with Crippen LogP contribution in [0.3, 0.4) is 0 Å². The third-order valence-corrected chi connectivity index (χ3v) is 4.34. The lowest BCUT2D eigenvalue weighted by molar-refractivity contribution is 0.172. The summed E-state index contributed by atoms with van der Waals surface area (Å²) >= 11 is 0. The van der Waals surface area contributed by atoms with Crippen molar-refractivity contribution in [1.29, 1.82) is 0 Å². The highest BCUT2D eigenvalue weighted by Crippen LogP contribution is 2.28. The van der Waals surface area contributed by atoms with Crippen molar-refractivity contribution in [3.05, 3.63) is 48.4 Å². The van der Waals surface area contributed by atoms with Crippen LogP contribution < -0.4 is 9.64 Å². The van der Waals surface area contributed by atoms with Crippen LogP contribution in [0.1, 0.15) is 18.4 Å². The lowest BCUT2D eigenvalue weighted by Crippen LogP contribution is -2.39. The van der Waals surface area contributed by atoms with E-state index in [0.717, 1.165) is 54.1 Å². The lowest BCUT2D eigenvalue weighted by Gasteiger charge is -2.32. The standard InChI is InChI=1S/C18H20N4O/c1-13-11-20-18(21-12-13)22-9-6-14(7-10-22)23-17-4-2-3-16-15(17)5-8-19-16/h2-5,8,11-12,14,19H,6-7,9-10H2,1H3. The van der Waals surface area contributed by atoms with Crippen molar-refractivity contribution in [2.24, 2.45) is 0 Å². The Bertz CT molecular complexity index is 788. The molecule has 0 aliphatic carbocycles. The molecule has 3 heterocycles. The van der Waals surface area contributed by atoms with Crippen LogP contribution >= 0.6 is 0 Å². The minimum absolute atomic E-state index is 0.247. The second-order valence-electron chi connectivity index (χ2n) is 6.06. The summed E-state index contributed by atoms with van der Waals surface area (Å²) in [6.07, 6.45) is 7.91. The van der Waals surface area contributed by atoms with Crippen molar-refractivity contribution >= 4 is 16.9 Å². The topological polar surface area (TPSA) is 54.0 Å². The molecule has 23 heavy (non-hydrogen) atoms. The Morgan fingerprint density at radius 1 is 1.13 bits per heavy atom. The zero-order chi connectivity index (χ0) is 15.6. The number of nitrogens with one attached hydrogen (secondary N) is 1. The molecule has 1 aromatic carbocycles. The number of piperidine rings is 1. The number of fused-ring (bicyclic) bond motifs is 1. The summed E-state index contributed by atoms with van der Waals surface area (Å²) in [6, 6.07) is 8.22. The number of aromatic amines is 1. The molecule has 0 saturated carbocycles. The molecule has 2 aromatic heterocycles. The Kier molecular flexibility index (Phi) is 3.61. The molecule has 5 heteroatoms. The van der Waals surface area contributed by atoms with Crippen LogP contribution in [-0.2, 0) is 0 Å². The Morgan fingerprint density at radius 3 is 2.70 bits per heavy atom. The number of ether oxygens (including phenoxy) is 1. The fourth-order valence-electron chi connectivity index (χ4n) is 3.06. The van der Waals surface area contributed by atoms with Gasteiger partial charge in [-0.15, -0.1) is 0 Å². The summed E-state index contributed by atoms with van der Waals surface area (Å²) in [7, 11) is 0. The molecule has 1 saturated heterocycles. The molecule has 118 valence electrons. The van der Waals surface area contributed by atoms with Crippen molar-refractivity contribution in [2.75, 3.05) is 18.0 Å². The van der Waals surface area contributed by atoms with E-state index < -0.39 is 0 Å². The molecule has 1 aliphatic rings. The minimum Gasteiger partial charge on any atom is -0.490 e. The SMILES string of the molecule is Cc1cnc(N2CCC(Oc3cccc4[nH]ccc34)CC2)nc1. The second kappa shape index (κ2) is 5.91. The molecule has 3 aromatic rings. The summed E-state index contributed by atoms with van der Waals surface area (Å²) in [6.45, 7) is 3.86. The van der Waals surface area contributed by atoms with Crippen LogP contribution in [0.2, 0.25) is 0 Å². The van der Waals surface area contributed by atoms with Gasteiger partial charge in [-0.3, -0.25) is 0 Å². The van der Waals surface area contributed by atoms with Gasteiger partial charge in [0.15, 0.2) is 0 Å². The quantitative estimate of drug-likeness (QED) is 0.806. The van der Waals surface area contributed by atoms with Crippen molar-refractivity contribution in [3.8, 4) is 5.75 Å². The average Bonchev–Trinajstić information content (AvgIpc) is 3.06. The molecule has 0 amide bonds. The summed E-state index contributed by atoms with van der Waals surface area (Å²) in [5.74, 6) is 1.79. The molecule has 0 unspecified atom stereocenters. The number of nitrogens with zero attached hydrogens (tertiary/aromatic N) is 3. The highest BCUT2D eigenvalue weighted by molar-refractivity contribution is 5.85. The smallest absolute Gasteiger partial charge is 0.225 e. The largest absolute Gasteiger partial charge is 0.490 e. The highest BCUT2D eigenvalue weighted by Gasteiger charge is 2.22. The third kappa shape index (κ3) is 2.86. The molecular weight excluding hydrogens is 288 g/mol. The van der Waals surface area contributed by atoms with Crippen LogP contribution in [0.4, 0.5) is 5.95 Å². The number of hydrogen-bond acceptors (Lipinski definition) is 4. The van der Waals surface area contributed by atoms with E-state index >= 15 is 0 Å². The van der Waals surface area contributed by atoms with Gasteiger partial charge < -0.3 is 14.6 Å². The summed E-state index contributed by atoms with van der Waals surface area (Å²) < 4.78 is 6.24. The molecule has 0 radical (unpaired) electrons. The van der Waals surface area contributed by atoms with E-state index in [4.69, 9.17) is 4.74 Å². The van der Waals surface area contributed by atoms with E-state index in [1.165, 1.54) is 0 Å². The summed E-state index contributed by atoms with van der Waals surface area (Å²) in [4.78, 5) is 14.3. The van der Waals surface area contributed by atoms with Crippen LogP contribution in [0.25, 0.3) is 10.9 Å². The molecular formula is C18H20N4O. The number of rotatable bonds is 3. The van der Waals surface area contributed by atoms with Gasteiger partial charge in [0.1, 0.15) is 11.9 Å². The first kappa shape index (κ1) is 14.1. The van der Waals surface area contributed by atoms with E-state index in [9.17, 15) is 0 Å². The summed E-state index contributed by atoms with van der Waals surface area (Å²) in [5, 5.41) is 1.15. The second-order valence-corrected chi connectivity index (χ2v) is 6.06. The molecule has 4 rings (SSSR count). The summed E-state index contributed by atoms with van der Waals surface area (Å²) in [5.41, 5.74) is 2.21. The Balaban J connectivity index is 1.42. The van der Waals surface area contributed by atoms with Crippen LogP contribution in [-0.4, -0.2) is 34.1 Å². The van der Waals surface area contributed by atoms with E-state index in [2.05, 4.69) is 32.0 Å². The first-order valence-corrected chi connectivity index (χ1v) is 8.06. The normalized spacial score (nSPS) is 16.0. The number of benzene rings is 1. The maximum absolute atomic E-state index is 6.24. The van der Waals surface area contributed by atoms with E-state index in [-0.39, 0.29) is 6.10 Å². The zero-order valence-electron chi connectivity index (χ0n) is 13.2. The molecule has 1 N–H and O–H groups in total. The molecule has 0 spiro atoms. The third-order valence-electron chi connectivity index (χ3n) is 4.34. The van der Waals surface area contributed by atoms with Crippen molar-refractivity contribution in [3.63, 3.8) is 0 Å². The van der Waals surface area contributed by atoms with Gasteiger partial charge in [0.2, 0.25) is 5.95 Å². The Labute approximate surface area is 135 Å². The van der Waals surface area contributed by atoms with Crippen LogP contribution in [0, 0.1) is 6.92 Å². The van der Waals surface area contributed by atoms with E-state index in [1.54, 1.807) is 0 Å². The number of aromatic nitrogens is 3. The lowest BCUT2D eigenvalue weighted by atomic mass is 10.1. The van der Waals surface area contributed by atoms with E-state index in [0.29, 0.717) is 0 Å². The van der Waals surface area contributed by atoms with Crippen molar-refractivity contribution in [1.82, 2.24) is 15.0 Å². The monoisotopic (exact) mass is 308 g/mol. The first-order chi connectivity index (χ1) is 11.3. The maximum atomic E-state index is 6.24. The van der Waals surface area contributed by atoms with Gasteiger partial charge in [-0.25, -0.2) is 9.97 Å². The van der Waals surface area contributed by atoms with E-state index in [1.807, 2.05) is 37.6 Å². The predicted octanol–water partition coefficient (Wildman–Crippen LogP) is 3.31. The highest BCUT2D eigenvalue weighted by atomic mass is 16.5.